The zero-order valence-corrected chi connectivity index (χ0v) is 12.3. The van der Waals surface area contributed by atoms with E-state index < -0.39 is 11.6 Å². The first-order chi connectivity index (χ1) is 9.97. The number of hydrogen-bond acceptors (Lipinski definition) is 2. The third-order valence-electron chi connectivity index (χ3n) is 3.61. The second-order valence-electron chi connectivity index (χ2n) is 5.60. The van der Waals surface area contributed by atoms with Crippen molar-refractivity contribution in [1.82, 2.24) is 0 Å². The molecule has 0 aromatic heterocycles. The van der Waals surface area contributed by atoms with Gasteiger partial charge in [-0.15, -0.1) is 0 Å². The van der Waals surface area contributed by atoms with E-state index in [9.17, 15) is 8.78 Å². The van der Waals surface area contributed by atoms with E-state index in [2.05, 4.69) is 24.2 Å². The zero-order valence-electron chi connectivity index (χ0n) is 12.3. The summed E-state index contributed by atoms with van der Waals surface area (Å²) in [5, 5.41) is 2.59. The summed E-state index contributed by atoms with van der Waals surface area (Å²) in [6.45, 7) is 5.46. The first kappa shape index (κ1) is 15.7. The Morgan fingerprint density at radius 1 is 1.48 bits per heavy atom. The van der Waals surface area contributed by atoms with Gasteiger partial charge in [-0.2, -0.15) is 0 Å². The van der Waals surface area contributed by atoms with E-state index in [-0.39, 0.29) is 17.8 Å². The normalized spacial score (nSPS) is 22.8. The molecule has 1 fully saturated rings. The maximum Gasteiger partial charge on any atom is 0.193 e. The van der Waals surface area contributed by atoms with E-state index in [0.29, 0.717) is 18.4 Å². The fourth-order valence-electron chi connectivity index (χ4n) is 2.57. The summed E-state index contributed by atoms with van der Waals surface area (Å²) in [6.07, 6.45) is 1.11. The third kappa shape index (κ3) is 4.14. The number of nitrogens with two attached hydrogens (primary N) is 1. The van der Waals surface area contributed by atoms with Crippen molar-refractivity contribution in [2.24, 2.45) is 22.6 Å². The Labute approximate surface area is 123 Å². The fraction of sp³-hybridized carbons (Fsp3) is 0.533. The summed E-state index contributed by atoms with van der Waals surface area (Å²) in [5.41, 5.74) is 5.72. The number of ether oxygens (including phenoxy) is 1. The van der Waals surface area contributed by atoms with Crippen molar-refractivity contribution in [3.05, 3.63) is 29.8 Å². The van der Waals surface area contributed by atoms with Gasteiger partial charge in [0.1, 0.15) is 11.6 Å². The number of guanidine groups is 1. The second kappa shape index (κ2) is 6.85. The molecule has 1 aromatic rings. The Bertz CT molecular complexity index is 520. The van der Waals surface area contributed by atoms with Crippen molar-refractivity contribution >= 4 is 11.6 Å². The Balaban J connectivity index is 1.96. The smallest absolute Gasteiger partial charge is 0.193 e. The van der Waals surface area contributed by atoms with Gasteiger partial charge in [-0.25, -0.2) is 8.78 Å². The van der Waals surface area contributed by atoms with Gasteiger partial charge in [-0.3, -0.25) is 4.99 Å². The molecule has 116 valence electrons. The van der Waals surface area contributed by atoms with Gasteiger partial charge in [0.2, 0.25) is 0 Å². The molecule has 2 unspecified atom stereocenters. The van der Waals surface area contributed by atoms with Crippen molar-refractivity contribution in [2.45, 2.75) is 26.4 Å². The summed E-state index contributed by atoms with van der Waals surface area (Å²) in [6, 6.07) is 3.15. The number of hydrogen-bond donors (Lipinski definition) is 2. The summed E-state index contributed by atoms with van der Waals surface area (Å²) in [7, 11) is 0. The average molecular weight is 297 g/mol. The third-order valence-corrected chi connectivity index (χ3v) is 3.61. The van der Waals surface area contributed by atoms with Crippen molar-refractivity contribution < 1.29 is 13.5 Å². The van der Waals surface area contributed by atoms with Crippen LogP contribution in [0.25, 0.3) is 0 Å². The lowest BCUT2D eigenvalue weighted by atomic mass is 9.93. The fourth-order valence-corrected chi connectivity index (χ4v) is 2.57. The minimum absolute atomic E-state index is 0.0145. The van der Waals surface area contributed by atoms with Crippen LogP contribution < -0.4 is 11.1 Å². The van der Waals surface area contributed by atoms with E-state index in [4.69, 9.17) is 10.5 Å². The highest BCUT2D eigenvalue weighted by molar-refractivity contribution is 5.92. The number of benzene rings is 1. The monoisotopic (exact) mass is 297 g/mol. The largest absolute Gasteiger partial charge is 0.378 e. The summed E-state index contributed by atoms with van der Waals surface area (Å²) < 4.78 is 32.2. The van der Waals surface area contributed by atoms with Crippen LogP contribution in [-0.4, -0.2) is 25.2 Å². The first-order valence-electron chi connectivity index (χ1n) is 7.11. The molecule has 1 aromatic carbocycles. The van der Waals surface area contributed by atoms with Crippen LogP contribution in [0.2, 0.25) is 0 Å². The van der Waals surface area contributed by atoms with Gasteiger partial charge in [-0.1, -0.05) is 13.8 Å². The molecule has 1 aliphatic rings. The van der Waals surface area contributed by atoms with Crippen molar-refractivity contribution in [2.75, 3.05) is 18.5 Å². The van der Waals surface area contributed by atoms with Gasteiger partial charge in [-0.05, 0) is 24.5 Å². The van der Waals surface area contributed by atoms with Crippen LogP contribution in [0.15, 0.2) is 23.2 Å². The van der Waals surface area contributed by atoms with Gasteiger partial charge < -0.3 is 15.8 Å². The van der Waals surface area contributed by atoms with Gasteiger partial charge in [0.15, 0.2) is 5.96 Å². The van der Waals surface area contributed by atoms with Gasteiger partial charge in [0, 0.05) is 25.1 Å². The maximum absolute atomic E-state index is 13.5. The highest BCUT2D eigenvalue weighted by Crippen LogP contribution is 2.26. The number of nitrogens with one attached hydrogen (secondary N) is 1. The van der Waals surface area contributed by atoms with E-state index in [1.54, 1.807) is 0 Å². The summed E-state index contributed by atoms with van der Waals surface area (Å²) in [4.78, 5) is 4.22. The molecule has 0 aliphatic carbocycles. The van der Waals surface area contributed by atoms with E-state index in [0.717, 1.165) is 31.2 Å². The molecule has 21 heavy (non-hydrogen) atoms. The predicted octanol–water partition coefficient (Wildman–Crippen LogP) is 2.75. The van der Waals surface area contributed by atoms with Gasteiger partial charge in [0.25, 0.3) is 0 Å². The van der Waals surface area contributed by atoms with Gasteiger partial charge in [0.05, 0.1) is 11.8 Å². The number of anilines is 1. The maximum atomic E-state index is 13.5. The molecule has 2 rings (SSSR count). The molecular formula is C15H21F2N3O. The molecule has 4 nitrogen and oxygen atoms in total. The van der Waals surface area contributed by atoms with E-state index in [1.165, 1.54) is 0 Å². The lowest BCUT2D eigenvalue weighted by Crippen LogP contribution is -2.28. The average Bonchev–Trinajstić information content (AvgIpc) is 2.89. The highest BCUT2D eigenvalue weighted by atomic mass is 19.1. The van der Waals surface area contributed by atoms with Crippen LogP contribution in [0.3, 0.4) is 0 Å². The molecule has 0 spiro atoms. The molecule has 0 bridgehead atoms. The molecule has 3 N–H and O–H groups in total. The quantitative estimate of drug-likeness (QED) is 0.663. The molecule has 1 heterocycles. The molecule has 0 amide bonds. The minimum Gasteiger partial charge on any atom is -0.378 e. The van der Waals surface area contributed by atoms with E-state index >= 15 is 0 Å². The lowest BCUT2D eigenvalue weighted by Gasteiger charge is -2.20. The molecule has 0 saturated carbocycles. The van der Waals surface area contributed by atoms with E-state index in [1.807, 2.05) is 0 Å². The SMILES string of the molecule is CC(C)C1OCCC1CN=C(N)Nc1cc(F)ccc1F. The number of aliphatic imine (C=N–C) groups is 1. The van der Waals surface area contributed by atoms with Crippen molar-refractivity contribution in [3.8, 4) is 0 Å². The van der Waals surface area contributed by atoms with Crippen LogP contribution in [0.5, 0.6) is 0 Å². The second-order valence-corrected chi connectivity index (χ2v) is 5.60. The molecule has 1 saturated heterocycles. The minimum atomic E-state index is -0.571. The van der Waals surface area contributed by atoms with Crippen LogP contribution in [0.4, 0.5) is 14.5 Å². The Morgan fingerprint density at radius 2 is 2.24 bits per heavy atom. The topological polar surface area (TPSA) is 59.6 Å². The van der Waals surface area contributed by atoms with Crippen LogP contribution in [0, 0.1) is 23.5 Å². The highest BCUT2D eigenvalue weighted by Gasteiger charge is 2.30. The van der Waals surface area contributed by atoms with Gasteiger partial charge >= 0.3 is 0 Å². The zero-order chi connectivity index (χ0) is 15.4. The van der Waals surface area contributed by atoms with Crippen LogP contribution in [-0.2, 0) is 4.74 Å². The molecule has 2 atom stereocenters. The Hall–Kier alpha value is -1.69. The number of rotatable bonds is 4. The number of nitrogens with zero attached hydrogens (tertiary/aromatic N) is 1. The van der Waals surface area contributed by atoms with Crippen LogP contribution >= 0.6 is 0 Å². The summed E-state index contributed by atoms with van der Waals surface area (Å²) >= 11 is 0. The number of halogens is 2. The van der Waals surface area contributed by atoms with Crippen LogP contribution in [0.1, 0.15) is 20.3 Å². The molecule has 1 aliphatic heterocycles. The molecule has 0 radical (unpaired) electrons. The molecule has 6 heteroatoms. The Kier molecular flexibility index (Phi) is 5.12. The first-order valence-corrected chi connectivity index (χ1v) is 7.11. The molecular weight excluding hydrogens is 276 g/mol. The predicted molar refractivity (Wildman–Crippen MR) is 79.2 cm³/mol. The van der Waals surface area contributed by atoms with Crippen molar-refractivity contribution in [3.63, 3.8) is 0 Å². The lowest BCUT2D eigenvalue weighted by molar-refractivity contribution is 0.0559. The van der Waals surface area contributed by atoms with Crippen molar-refractivity contribution in [1.29, 1.82) is 0 Å². The standard InChI is InChI=1S/C15H21F2N3O/c1-9(2)14-10(5-6-21-14)8-19-15(18)20-13-7-11(16)3-4-12(13)17/h3-4,7,9-10,14H,5-6,8H2,1-2H3,(H3,18,19,20). The summed E-state index contributed by atoms with van der Waals surface area (Å²) in [5.74, 6) is -0.297. The Morgan fingerprint density at radius 3 is 2.95 bits per heavy atom.